The maximum Gasteiger partial charge on any atom is 0.203 e. The molecule has 0 aromatic heterocycles. The van der Waals surface area contributed by atoms with E-state index in [0.717, 1.165) is 24.2 Å². The lowest BCUT2D eigenvalue weighted by Gasteiger charge is -2.25. The molecule has 0 radical (unpaired) electrons. The first-order valence-corrected chi connectivity index (χ1v) is 11.1. The third-order valence-corrected chi connectivity index (χ3v) is 6.91. The van der Waals surface area contributed by atoms with Crippen LogP contribution in [0.5, 0.6) is 17.2 Å². The molecule has 0 fully saturated rings. The van der Waals surface area contributed by atoms with Gasteiger partial charge in [0.1, 0.15) is 5.82 Å². The van der Waals surface area contributed by atoms with E-state index < -0.39 is 0 Å². The number of ether oxygens (including phenoxy) is 3. The summed E-state index contributed by atoms with van der Waals surface area (Å²) in [4.78, 5) is 3.44. The Bertz CT molecular complexity index is 1030. The number of hydrogen-bond donors (Lipinski definition) is 0. The number of hydrogen-bond acceptors (Lipinski definition) is 5. The second kappa shape index (κ2) is 9.52. The van der Waals surface area contributed by atoms with Crippen molar-refractivity contribution < 1.29 is 18.6 Å². The number of fused-ring (bicyclic) bond motifs is 1. The molecule has 0 aliphatic carbocycles. The van der Waals surface area contributed by atoms with Gasteiger partial charge in [-0.25, -0.2) is 4.39 Å². The first kappa shape index (κ1) is 21.4. The van der Waals surface area contributed by atoms with Crippen molar-refractivity contribution in [1.29, 1.82) is 0 Å². The average molecular weight is 440 g/mol. The molecule has 0 bridgehead atoms. The number of thioether (sulfide) groups is 1. The fraction of sp³-hybridized carbons (Fsp3) is 0.280. The van der Waals surface area contributed by atoms with Crippen molar-refractivity contribution in [2.75, 3.05) is 32.8 Å². The van der Waals surface area contributed by atoms with Gasteiger partial charge in [0.05, 0.1) is 27.0 Å². The van der Waals surface area contributed by atoms with E-state index in [1.165, 1.54) is 11.0 Å². The minimum atomic E-state index is -0.168. The van der Waals surface area contributed by atoms with E-state index in [-0.39, 0.29) is 11.1 Å². The molecule has 1 atom stereocenters. The summed E-state index contributed by atoms with van der Waals surface area (Å²) in [6, 6.07) is 19.4. The van der Waals surface area contributed by atoms with Crippen molar-refractivity contribution in [3.63, 3.8) is 0 Å². The fourth-order valence-electron chi connectivity index (χ4n) is 3.94. The van der Waals surface area contributed by atoms with E-state index in [0.29, 0.717) is 29.4 Å². The van der Waals surface area contributed by atoms with Gasteiger partial charge in [0.25, 0.3) is 0 Å². The van der Waals surface area contributed by atoms with Crippen LogP contribution in [0.1, 0.15) is 22.8 Å². The fourth-order valence-corrected chi connectivity index (χ4v) is 5.22. The molecule has 1 aliphatic heterocycles. The summed E-state index contributed by atoms with van der Waals surface area (Å²) < 4.78 is 30.9. The Morgan fingerprint density at radius 2 is 1.61 bits per heavy atom. The molecule has 0 N–H and O–H groups in total. The van der Waals surface area contributed by atoms with Crippen molar-refractivity contribution >= 4 is 17.4 Å². The minimum absolute atomic E-state index is 0.168. The van der Waals surface area contributed by atoms with Crippen LogP contribution in [0.3, 0.4) is 0 Å². The highest BCUT2D eigenvalue weighted by Crippen LogP contribution is 2.48. The zero-order valence-electron chi connectivity index (χ0n) is 17.9. The van der Waals surface area contributed by atoms with Crippen molar-refractivity contribution in [2.45, 2.75) is 23.1 Å². The van der Waals surface area contributed by atoms with Gasteiger partial charge in [-0.3, -0.25) is 0 Å². The van der Waals surface area contributed by atoms with E-state index in [1.807, 2.05) is 48.2 Å². The van der Waals surface area contributed by atoms with Gasteiger partial charge in [-0.1, -0.05) is 30.3 Å². The van der Waals surface area contributed by atoms with Gasteiger partial charge in [0, 0.05) is 28.8 Å². The molecule has 0 unspecified atom stereocenters. The second-order valence-electron chi connectivity index (χ2n) is 7.33. The van der Waals surface area contributed by atoms with Crippen molar-refractivity contribution in [3.05, 3.63) is 77.6 Å². The molecule has 31 heavy (non-hydrogen) atoms. The van der Waals surface area contributed by atoms with E-state index in [4.69, 9.17) is 14.2 Å². The summed E-state index contributed by atoms with van der Waals surface area (Å²) in [6.07, 6.45) is 0.895. The highest BCUT2D eigenvalue weighted by atomic mass is 32.2. The number of methoxy groups -OCH3 is 3. The van der Waals surface area contributed by atoms with E-state index in [9.17, 15) is 4.39 Å². The van der Waals surface area contributed by atoms with Gasteiger partial charge in [-0.15, -0.1) is 11.8 Å². The van der Waals surface area contributed by atoms with Crippen LogP contribution in [0, 0.1) is 5.82 Å². The summed E-state index contributed by atoms with van der Waals surface area (Å²) in [5.74, 6) is 1.73. The Kier molecular flexibility index (Phi) is 6.56. The summed E-state index contributed by atoms with van der Waals surface area (Å²) in [5, 5.41) is 0.195. The highest BCUT2D eigenvalue weighted by molar-refractivity contribution is 7.99. The van der Waals surface area contributed by atoms with Crippen LogP contribution in [0.2, 0.25) is 0 Å². The Morgan fingerprint density at radius 1 is 0.935 bits per heavy atom. The third kappa shape index (κ3) is 4.44. The van der Waals surface area contributed by atoms with Gasteiger partial charge >= 0.3 is 0 Å². The Morgan fingerprint density at radius 3 is 2.29 bits per heavy atom. The molecule has 0 amide bonds. The first-order valence-electron chi connectivity index (χ1n) is 10.2. The van der Waals surface area contributed by atoms with Gasteiger partial charge < -0.3 is 19.1 Å². The molecule has 1 aliphatic rings. The standard InChI is InChI=1S/C25H26FNO3S/c1-28-21-14-18(15-22(29-2)25(21)30-3)23-12-13-27(16-17-8-4-5-9-19(17)26)20-10-6-7-11-24(20)31-23/h4-11,14-15,23H,12-13,16H2,1-3H3/t23-/m1/s1. The van der Waals surface area contributed by atoms with Crippen LogP contribution in [-0.4, -0.2) is 27.9 Å². The number of nitrogens with zero attached hydrogens (tertiary/aromatic N) is 1. The summed E-state index contributed by atoms with van der Waals surface area (Å²) in [5.41, 5.74) is 2.95. The molecule has 0 saturated heterocycles. The lowest BCUT2D eigenvalue weighted by molar-refractivity contribution is 0.323. The normalized spacial score (nSPS) is 15.7. The second-order valence-corrected chi connectivity index (χ2v) is 8.58. The molecule has 0 spiro atoms. The van der Waals surface area contributed by atoms with Gasteiger partial charge in [-0.05, 0) is 42.3 Å². The average Bonchev–Trinajstić information content (AvgIpc) is 2.99. The lowest BCUT2D eigenvalue weighted by Crippen LogP contribution is -2.24. The zero-order valence-corrected chi connectivity index (χ0v) is 18.7. The lowest BCUT2D eigenvalue weighted by atomic mass is 10.1. The maximum absolute atomic E-state index is 14.3. The molecule has 6 heteroatoms. The molecule has 1 heterocycles. The van der Waals surface area contributed by atoms with Crippen LogP contribution in [0.4, 0.5) is 10.1 Å². The highest BCUT2D eigenvalue weighted by Gasteiger charge is 2.26. The summed E-state index contributed by atoms with van der Waals surface area (Å²) in [7, 11) is 4.87. The molecular weight excluding hydrogens is 413 g/mol. The molecule has 3 aromatic carbocycles. The van der Waals surface area contributed by atoms with Crippen LogP contribution >= 0.6 is 11.8 Å². The summed E-state index contributed by atoms with van der Waals surface area (Å²) >= 11 is 1.81. The first-order chi connectivity index (χ1) is 15.1. The predicted octanol–water partition coefficient (Wildman–Crippen LogP) is 6.10. The Hall–Kier alpha value is -2.86. The van der Waals surface area contributed by atoms with Gasteiger partial charge in [0.2, 0.25) is 5.75 Å². The van der Waals surface area contributed by atoms with Crippen LogP contribution in [-0.2, 0) is 6.54 Å². The SMILES string of the molecule is COc1cc([C@H]2CCN(Cc3ccccc3F)c3ccccc3S2)cc(OC)c1OC. The van der Waals surface area contributed by atoms with Crippen LogP contribution in [0.15, 0.2) is 65.6 Å². The number of rotatable bonds is 6. The van der Waals surface area contributed by atoms with E-state index in [1.54, 1.807) is 27.4 Å². The summed E-state index contributed by atoms with van der Waals surface area (Å²) in [6.45, 7) is 1.34. The van der Waals surface area contributed by atoms with E-state index >= 15 is 0 Å². The largest absolute Gasteiger partial charge is 0.493 e. The minimum Gasteiger partial charge on any atom is -0.493 e. The smallest absolute Gasteiger partial charge is 0.203 e. The maximum atomic E-state index is 14.3. The molecule has 3 aromatic rings. The third-order valence-electron chi connectivity index (χ3n) is 5.51. The monoisotopic (exact) mass is 439 g/mol. The van der Waals surface area contributed by atoms with Gasteiger partial charge in [0.15, 0.2) is 11.5 Å². The number of halogens is 1. The number of anilines is 1. The molecular formula is C25H26FNO3S. The van der Waals surface area contributed by atoms with Crippen LogP contribution in [0.25, 0.3) is 0 Å². The predicted molar refractivity (Wildman–Crippen MR) is 123 cm³/mol. The van der Waals surface area contributed by atoms with Crippen molar-refractivity contribution in [1.82, 2.24) is 0 Å². The van der Waals surface area contributed by atoms with Crippen LogP contribution < -0.4 is 19.1 Å². The molecule has 4 nitrogen and oxygen atoms in total. The van der Waals surface area contributed by atoms with Gasteiger partial charge in [-0.2, -0.15) is 0 Å². The molecule has 162 valence electrons. The van der Waals surface area contributed by atoms with Crippen molar-refractivity contribution in [3.8, 4) is 17.2 Å². The number of benzene rings is 3. The van der Waals surface area contributed by atoms with E-state index in [2.05, 4.69) is 17.0 Å². The molecule has 4 rings (SSSR count). The van der Waals surface area contributed by atoms with Crippen molar-refractivity contribution in [2.24, 2.45) is 0 Å². The quantitative estimate of drug-likeness (QED) is 0.464. The number of para-hydroxylation sites is 1. The Balaban J connectivity index is 1.68. The Labute approximate surface area is 186 Å². The zero-order chi connectivity index (χ0) is 21.8. The topological polar surface area (TPSA) is 30.9 Å². The molecule has 0 saturated carbocycles.